The number of nitrogens with zero attached hydrogens (tertiary/aromatic N) is 3. The summed E-state index contributed by atoms with van der Waals surface area (Å²) in [7, 11) is -2.43. The van der Waals surface area contributed by atoms with Gasteiger partial charge in [-0.15, -0.1) is 0 Å². The van der Waals surface area contributed by atoms with Gasteiger partial charge >= 0.3 is 19.3 Å². The molecule has 3 heterocycles. The summed E-state index contributed by atoms with van der Waals surface area (Å²) >= 11 is 3.25. The van der Waals surface area contributed by atoms with Crippen molar-refractivity contribution in [3.05, 3.63) is 60.6 Å². The Hall–Kier alpha value is -2.13. The Morgan fingerprint density at radius 1 is 1.41 bits per heavy atom. The Morgan fingerprint density at radius 2 is 2.15 bits per heavy atom. The summed E-state index contributed by atoms with van der Waals surface area (Å²) in [6.07, 6.45) is -1.48. The van der Waals surface area contributed by atoms with Crippen LogP contribution in [0.1, 0.15) is 24.0 Å². The third kappa shape index (κ3) is 6.10. The minimum Gasteiger partial charge on any atom is -0.403 e. The molecule has 1 saturated heterocycles. The average Bonchev–Trinajstić information content (AvgIpc) is 3.40. The summed E-state index contributed by atoms with van der Waals surface area (Å²) < 4.78 is 37.7. The summed E-state index contributed by atoms with van der Waals surface area (Å²) in [5.74, 6) is -0.405. The second-order valence-electron chi connectivity index (χ2n) is 7.52. The van der Waals surface area contributed by atoms with E-state index in [1.165, 1.54) is 30.9 Å². The van der Waals surface area contributed by atoms with Gasteiger partial charge in [-0.2, -0.15) is 0 Å². The van der Waals surface area contributed by atoms with Crippen molar-refractivity contribution >= 4 is 29.6 Å². The number of ether oxygens (including phenoxy) is 1. The van der Waals surface area contributed by atoms with Gasteiger partial charge in [0.2, 0.25) is 0 Å². The lowest BCUT2D eigenvalue weighted by molar-refractivity contribution is -0.402. The highest BCUT2D eigenvalue weighted by molar-refractivity contribution is 9.09. The highest BCUT2D eigenvalue weighted by Crippen LogP contribution is 2.52. The van der Waals surface area contributed by atoms with Crippen molar-refractivity contribution in [3.63, 3.8) is 0 Å². The number of halogens is 1. The summed E-state index contributed by atoms with van der Waals surface area (Å²) in [5.41, 5.74) is -0.910. The van der Waals surface area contributed by atoms with E-state index in [9.17, 15) is 29.4 Å². The first kappa shape index (κ1) is 26.5. The molecular formula is C18H24BrN4O10P. The first-order chi connectivity index (χ1) is 16.0. The smallest absolute Gasteiger partial charge is 0.403 e. The maximum absolute atomic E-state index is 13.4. The number of aromatic nitrogens is 2. The molecule has 34 heavy (non-hydrogen) atoms. The van der Waals surface area contributed by atoms with Crippen molar-refractivity contribution in [2.75, 3.05) is 25.5 Å². The minimum atomic E-state index is -3.94. The number of rotatable bonds is 11. The van der Waals surface area contributed by atoms with E-state index in [0.29, 0.717) is 10.9 Å². The molecule has 1 aliphatic rings. The van der Waals surface area contributed by atoms with Gasteiger partial charge in [-0.3, -0.25) is 33.5 Å². The van der Waals surface area contributed by atoms with Gasteiger partial charge in [-0.05, 0) is 20.0 Å². The first-order valence-corrected chi connectivity index (χ1v) is 12.7. The number of hydrogen-bond donors (Lipinski definition) is 2. The van der Waals surface area contributed by atoms with Gasteiger partial charge in [0.05, 0.1) is 18.8 Å². The van der Waals surface area contributed by atoms with Crippen LogP contribution in [0, 0.1) is 17.0 Å². The third-order valence-corrected chi connectivity index (χ3v) is 7.41. The van der Waals surface area contributed by atoms with Crippen molar-refractivity contribution in [1.82, 2.24) is 14.2 Å². The van der Waals surface area contributed by atoms with Crippen LogP contribution < -0.4 is 11.2 Å². The zero-order chi connectivity index (χ0) is 25.0. The maximum atomic E-state index is 13.4. The van der Waals surface area contributed by atoms with Gasteiger partial charge in [0.1, 0.15) is 29.6 Å². The molecule has 188 valence electrons. The number of aliphatic hydroxyl groups is 1. The van der Waals surface area contributed by atoms with Crippen LogP contribution >= 0.6 is 23.7 Å². The molecule has 0 spiro atoms. The second-order valence-corrected chi connectivity index (χ2v) is 10.4. The predicted octanol–water partition coefficient (Wildman–Crippen LogP) is 1.66. The second kappa shape index (κ2) is 11.1. The monoisotopic (exact) mass is 566 g/mol. The number of aliphatic hydroxyl groups excluding tert-OH is 1. The fourth-order valence-electron chi connectivity index (χ4n) is 3.17. The summed E-state index contributed by atoms with van der Waals surface area (Å²) in [6.45, 7) is 1.11. The number of H-pyrrole nitrogens is 1. The van der Waals surface area contributed by atoms with E-state index in [-0.39, 0.29) is 31.9 Å². The molecule has 1 unspecified atom stereocenters. The zero-order valence-corrected chi connectivity index (χ0v) is 20.8. The van der Waals surface area contributed by atoms with E-state index in [2.05, 4.69) is 20.9 Å². The molecule has 3 rings (SSSR count). The van der Waals surface area contributed by atoms with Crippen LogP contribution in [0.4, 0.5) is 5.88 Å². The van der Waals surface area contributed by atoms with Crippen LogP contribution in [0.25, 0.3) is 0 Å². The number of hydrogen-bond acceptors (Lipinski definition) is 10. The highest BCUT2D eigenvalue weighted by atomic mass is 79.9. The predicted molar refractivity (Wildman–Crippen MR) is 121 cm³/mol. The van der Waals surface area contributed by atoms with E-state index < -0.39 is 48.2 Å². The number of nitrogens with one attached hydrogen (secondary N) is 1. The molecule has 2 aromatic rings. The van der Waals surface area contributed by atoms with Gasteiger partial charge in [0.25, 0.3) is 5.56 Å². The van der Waals surface area contributed by atoms with E-state index in [0.717, 1.165) is 10.6 Å². The lowest BCUT2D eigenvalue weighted by Crippen LogP contribution is -2.33. The molecule has 0 saturated carbocycles. The topological polar surface area (TPSA) is 179 Å². The Morgan fingerprint density at radius 3 is 2.79 bits per heavy atom. The molecule has 1 fully saturated rings. The molecule has 0 bridgehead atoms. The van der Waals surface area contributed by atoms with Gasteiger partial charge in [0, 0.05) is 30.1 Å². The van der Waals surface area contributed by atoms with Crippen LogP contribution in [0.5, 0.6) is 0 Å². The molecule has 0 amide bonds. The fraction of sp³-hybridized carbons (Fsp3) is 0.556. The number of nitro groups is 1. The quantitative estimate of drug-likeness (QED) is 0.175. The molecule has 2 aromatic heterocycles. The summed E-state index contributed by atoms with van der Waals surface area (Å²) in [6, 6.07) is 2.47. The highest BCUT2D eigenvalue weighted by Gasteiger charge is 2.39. The van der Waals surface area contributed by atoms with Crippen molar-refractivity contribution < 1.29 is 32.8 Å². The number of alkyl halides is 1. The molecule has 0 aliphatic carbocycles. The molecule has 2 N–H and O–H groups in total. The zero-order valence-electron chi connectivity index (χ0n) is 18.3. The van der Waals surface area contributed by atoms with E-state index in [1.807, 2.05) is 0 Å². The molecular weight excluding hydrogens is 543 g/mol. The number of aromatic amines is 1. The van der Waals surface area contributed by atoms with E-state index in [4.69, 9.17) is 18.2 Å². The number of aryl methyl sites for hydroxylation is 1. The Balaban J connectivity index is 1.68. The van der Waals surface area contributed by atoms with Gasteiger partial charge < -0.3 is 14.3 Å². The van der Waals surface area contributed by atoms with Crippen LogP contribution in [0.2, 0.25) is 0 Å². The Kier molecular flexibility index (Phi) is 8.62. The van der Waals surface area contributed by atoms with Crippen LogP contribution in [0.15, 0.2) is 32.3 Å². The normalized spacial score (nSPS) is 22.2. The molecule has 14 nitrogen and oxygen atoms in total. The minimum absolute atomic E-state index is 0.0396. The molecule has 1 aliphatic heterocycles. The summed E-state index contributed by atoms with van der Waals surface area (Å²) in [4.78, 5) is 36.0. The van der Waals surface area contributed by atoms with Crippen molar-refractivity contribution in [3.8, 4) is 0 Å². The molecule has 0 radical (unpaired) electrons. The number of furan rings is 1. The van der Waals surface area contributed by atoms with Crippen LogP contribution in [-0.4, -0.2) is 62.0 Å². The first-order valence-electron chi connectivity index (χ1n) is 10.1. The fourth-order valence-corrected chi connectivity index (χ4v) is 5.42. The van der Waals surface area contributed by atoms with Gasteiger partial charge in [-0.25, -0.2) is 14.0 Å². The largest absolute Gasteiger partial charge is 0.433 e. The lowest BCUT2D eigenvalue weighted by Gasteiger charge is -2.27. The van der Waals surface area contributed by atoms with Crippen molar-refractivity contribution in [2.45, 2.75) is 38.4 Å². The standard InChI is InChI=1S/C18H24BrN4O10P/c1-11-8-22(18(26)20-17(11)25)16-7-13(24)14(33-16)10-31-34(29,21(2)6-5-19)30-9-12-3-4-15(32-12)23(27)28/h3-4,8,13-14,16,24H,5-7,9-10H2,1-2H3,(H,20,25,26)/t13-,14+,16+,34?/m0/s1. The SMILES string of the molecule is Cc1cn([C@H]2C[C@H](O)[C@@H](COP(=O)(OCc3ccc([N+](=O)[O-])o3)N(C)CCBr)O2)c(=O)[nH]c1=O. The third-order valence-electron chi connectivity index (χ3n) is 5.09. The molecule has 4 atom stereocenters. The van der Waals surface area contributed by atoms with Crippen molar-refractivity contribution in [1.29, 1.82) is 0 Å². The van der Waals surface area contributed by atoms with Crippen LogP contribution in [0.3, 0.4) is 0 Å². The van der Waals surface area contributed by atoms with Crippen molar-refractivity contribution in [2.24, 2.45) is 0 Å². The maximum Gasteiger partial charge on any atom is 0.433 e. The van der Waals surface area contributed by atoms with E-state index >= 15 is 0 Å². The van der Waals surface area contributed by atoms with Gasteiger partial charge in [0.15, 0.2) is 0 Å². The van der Waals surface area contributed by atoms with E-state index in [1.54, 1.807) is 0 Å². The van der Waals surface area contributed by atoms with Gasteiger partial charge in [-0.1, -0.05) is 15.9 Å². The Labute approximate surface area is 201 Å². The Bertz CT molecular complexity index is 1180. The van der Waals surface area contributed by atoms with Crippen LogP contribution in [-0.2, 0) is 25.0 Å². The summed E-state index contributed by atoms with van der Waals surface area (Å²) in [5, 5.41) is 21.6. The molecule has 16 heteroatoms. The lowest BCUT2D eigenvalue weighted by atomic mass is 10.2. The molecule has 0 aromatic carbocycles. The average molecular weight is 567 g/mol.